The van der Waals surface area contributed by atoms with Crippen molar-refractivity contribution in [3.8, 4) is 5.75 Å². The van der Waals surface area contributed by atoms with Crippen molar-refractivity contribution in [1.29, 1.82) is 0 Å². The smallest absolute Gasteiger partial charge is 0.127 e. The molecule has 1 aromatic rings. The minimum Gasteiger partial charge on any atom is -0.496 e. The second kappa shape index (κ2) is 5.68. The Kier molecular flexibility index (Phi) is 4.52. The van der Waals surface area contributed by atoms with Crippen molar-refractivity contribution < 1.29 is 18.6 Å². The Morgan fingerprint density at radius 2 is 2.00 bits per heavy atom. The van der Waals surface area contributed by atoms with Gasteiger partial charge in [-0.2, -0.15) is 0 Å². The van der Waals surface area contributed by atoms with Crippen LogP contribution in [0.25, 0.3) is 0 Å². The Labute approximate surface area is 88.8 Å². The molecule has 0 radical (unpaired) electrons. The van der Waals surface area contributed by atoms with Gasteiger partial charge in [0.15, 0.2) is 0 Å². The Balaban J connectivity index is 2.99. The third-order valence-corrected chi connectivity index (χ3v) is 2.14. The fourth-order valence-corrected chi connectivity index (χ4v) is 1.39. The second-order valence-electron chi connectivity index (χ2n) is 3.07. The van der Waals surface area contributed by atoms with Gasteiger partial charge in [-0.25, -0.2) is 4.39 Å². The zero-order valence-corrected chi connectivity index (χ0v) is 9.12. The molecule has 0 N–H and O–H groups in total. The summed E-state index contributed by atoms with van der Waals surface area (Å²) in [6.45, 7) is 0.401. The van der Waals surface area contributed by atoms with Crippen LogP contribution in [-0.2, 0) is 9.47 Å². The van der Waals surface area contributed by atoms with Crippen LogP contribution in [0.4, 0.5) is 4.39 Å². The third-order valence-electron chi connectivity index (χ3n) is 2.14. The molecule has 1 rings (SSSR count). The van der Waals surface area contributed by atoms with Crippen molar-refractivity contribution in [2.24, 2.45) is 0 Å². The fourth-order valence-electron chi connectivity index (χ4n) is 1.39. The van der Waals surface area contributed by atoms with Crippen molar-refractivity contribution in [3.63, 3.8) is 0 Å². The van der Waals surface area contributed by atoms with E-state index in [4.69, 9.17) is 14.2 Å². The zero-order chi connectivity index (χ0) is 11.3. The van der Waals surface area contributed by atoms with Crippen molar-refractivity contribution in [1.82, 2.24) is 0 Å². The molecule has 0 amide bonds. The molecule has 0 aliphatic rings. The quantitative estimate of drug-likeness (QED) is 0.751. The van der Waals surface area contributed by atoms with E-state index >= 15 is 0 Å². The number of rotatable bonds is 5. The Hall–Kier alpha value is -1.13. The van der Waals surface area contributed by atoms with Gasteiger partial charge in [0.1, 0.15) is 17.7 Å². The van der Waals surface area contributed by atoms with Crippen LogP contribution in [0.5, 0.6) is 5.75 Å². The molecule has 0 aliphatic heterocycles. The Morgan fingerprint density at radius 1 is 1.27 bits per heavy atom. The first-order valence-corrected chi connectivity index (χ1v) is 4.58. The maximum absolute atomic E-state index is 12.9. The minimum absolute atomic E-state index is 0.245. The summed E-state index contributed by atoms with van der Waals surface area (Å²) in [7, 11) is 4.66. The molecule has 1 atom stereocenters. The van der Waals surface area contributed by atoms with Crippen molar-refractivity contribution >= 4 is 0 Å². The summed E-state index contributed by atoms with van der Waals surface area (Å²) in [5, 5.41) is 0. The minimum atomic E-state index is -0.331. The van der Waals surface area contributed by atoms with E-state index in [1.807, 2.05) is 0 Å². The van der Waals surface area contributed by atoms with Crippen LogP contribution >= 0.6 is 0 Å². The van der Waals surface area contributed by atoms with Gasteiger partial charge in [-0.1, -0.05) is 0 Å². The monoisotopic (exact) mass is 214 g/mol. The molecule has 0 saturated carbocycles. The van der Waals surface area contributed by atoms with Crippen LogP contribution in [0.3, 0.4) is 0 Å². The van der Waals surface area contributed by atoms with E-state index in [1.54, 1.807) is 20.3 Å². The van der Waals surface area contributed by atoms with Crippen LogP contribution in [0.2, 0.25) is 0 Å². The first kappa shape index (κ1) is 11.9. The van der Waals surface area contributed by atoms with Crippen LogP contribution in [-0.4, -0.2) is 27.9 Å². The van der Waals surface area contributed by atoms with Gasteiger partial charge in [0.2, 0.25) is 0 Å². The maximum atomic E-state index is 12.9. The average molecular weight is 214 g/mol. The van der Waals surface area contributed by atoms with E-state index < -0.39 is 0 Å². The highest BCUT2D eigenvalue weighted by Crippen LogP contribution is 2.28. The predicted molar refractivity (Wildman–Crippen MR) is 54.6 cm³/mol. The summed E-state index contributed by atoms with van der Waals surface area (Å²) in [5.41, 5.74) is 0.781. The molecule has 1 unspecified atom stereocenters. The van der Waals surface area contributed by atoms with E-state index in [1.165, 1.54) is 19.2 Å². The third kappa shape index (κ3) is 2.91. The lowest BCUT2D eigenvalue weighted by atomic mass is 10.1. The zero-order valence-electron chi connectivity index (χ0n) is 9.12. The summed E-state index contributed by atoms with van der Waals surface area (Å²) >= 11 is 0. The van der Waals surface area contributed by atoms with Crippen LogP contribution in [0.1, 0.15) is 11.7 Å². The van der Waals surface area contributed by atoms with E-state index in [0.717, 1.165) is 5.56 Å². The number of hydrogen-bond acceptors (Lipinski definition) is 3. The van der Waals surface area contributed by atoms with E-state index in [0.29, 0.717) is 12.4 Å². The van der Waals surface area contributed by atoms with E-state index in [9.17, 15) is 4.39 Å². The van der Waals surface area contributed by atoms with Crippen LogP contribution < -0.4 is 4.74 Å². The van der Waals surface area contributed by atoms with Gasteiger partial charge in [0, 0.05) is 25.8 Å². The first-order chi connectivity index (χ1) is 7.22. The largest absolute Gasteiger partial charge is 0.496 e. The van der Waals surface area contributed by atoms with Gasteiger partial charge < -0.3 is 14.2 Å². The second-order valence-corrected chi connectivity index (χ2v) is 3.07. The molecule has 0 fully saturated rings. The number of benzene rings is 1. The SMILES string of the molecule is COCC(OC)c1ccc(F)cc1OC. The molecule has 3 nitrogen and oxygen atoms in total. The Bertz CT molecular complexity index is 315. The lowest BCUT2D eigenvalue weighted by molar-refractivity contribution is 0.0260. The summed E-state index contributed by atoms with van der Waals surface area (Å²) in [5.74, 6) is 0.141. The lowest BCUT2D eigenvalue weighted by Crippen LogP contribution is -2.10. The number of hydrogen-bond donors (Lipinski definition) is 0. The molecule has 4 heteroatoms. The molecule has 1 aromatic carbocycles. The molecule has 84 valence electrons. The molecular formula is C11H15FO3. The van der Waals surface area contributed by atoms with E-state index in [-0.39, 0.29) is 11.9 Å². The maximum Gasteiger partial charge on any atom is 0.127 e. The lowest BCUT2D eigenvalue weighted by Gasteiger charge is -2.17. The summed E-state index contributed by atoms with van der Waals surface area (Å²) < 4.78 is 28.3. The van der Waals surface area contributed by atoms with Crippen molar-refractivity contribution in [3.05, 3.63) is 29.6 Å². The van der Waals surface area contributed by atoms with Crippen molar-refractivity contribution in [2.45, 2.75) is 6.10 Å². The number of methoxy groups -OCH3 is 3. The fraction of sp³-hybridized carbons (Fsp3) is 0.455. The molecule has 0 spiro atoms. The Morgan fingerprint density at radius 3 is 2.53 bits per heavy atom. The van der Waals surface area contributed by atoms with Gasteiger partial charge in [-0.15, -0.1) is 0 Å². The first-order valence-electron chi connectivity index (χ1n) is 4.58. The molecule has 0 bridgehead atoms. The van der Waals surface area contributed by atoms with Crippen LogP contribution in [0, 0.1) is 5.82 Å². The summed E-state index contributed by atoms with van der Waals surface area (Å²) in [4.78, 5) is 0. The summed E-state index contributed by atoms with van der Waals surface area (Å²) in [6, 6.07) is 4.35. The molecule has 0 aliphatic carbocycles. The molecule has 0 saturated heterocycles. The highest BCUT2D eigenvalue weighted by atomic mass is 19.1. The standard InChI is InChI=1S/C11H15FO3/c1-13-7-11(15-3)9-5-4-8(12)6-10(9)14-2/h4-6,11H,7H2,1-3H3. The number of ether oxygens (including phenoxy) is 3. The normalized spacial score (nSPS) is 12.5. The predicted octanol–water partition coefficient (Wildman–Crippen LogP) is 2.17. The molecule has 0 aromatic heterocycles. The summed E-state index contributed by atoms with van der Waals surface area (Å²) in [6.07, 6.45) is -0.245. The van der Waals surface area contributed by atoms with Gasteiger partial charge in [0.05, 0.1) is 13.7 Å². The topological polar surface area (TPSA) is 27.7 Å². The van der Waals surface area contributed by atoms with Crippen LogP contribution in [0.15, 0.2) is 18.2 Å². The van der Waals surface area contributed by atoms with Gasteiger partial charge in [-0.05, 0) is 12.1 Å². The molecular weight excluding hydrogens is 199 g/mol. The van der Waals surface area contributed by atoms with Gasteiger partial charge in [-0.3, -0.25) is 0 Å². The number of halogens is 1. The van der Waals surface area contributed by atoms with Gasteiger partial charge >= 0.3 is 0 Å². The highest BCUT2D eigenvalue weighted by molar-refractivity contribution is 5.35. The molecule has 15 heavy (non-hydrogen) atoms. The van der Waals surface area contributed by atoms with Crippen molar-refractivity contribution in [2.75, 3.05) is 27.9 Å². The molecule has 0 heterocycles. The highest BCUT2D eigenvalue weighted by Gasteiger charge is 2.15. The van der Waals surface area contributed by atoms with Gasteiger partial charge in [0.25, 0.3) is 0 Å². The van der Waals surface area contributed by atoms with E-state index in [2.05, 4.69) is 0 Å². The average Bonchev–Trinajstić information content (AvgIpc) is 2.26.